The van der Waals surface area contributed by atoms with Crippen LogP contribution in [-0.4, -0.2) is 0 Å². The van der Waals surface area contributed by atoms with Crippen LogP contribution in [0.5, 0.6) is 0 Å². The van der Waals surface area contributed by atoms with Crippen molar-refractivity contribution in [1.82, 2.24) is 0 Å². The van der Waals surface area contributed by atoms with Crippen LogP contribution >= 0.6 is 0 Å². The number of nitrogens with zero attached hydrogens (tertiary/aromatic N) is 1. The fraction of sp³-hybridized carbons (Fsp3) is 0.357. The van der Waals surface area contributed by atoms with Gasteiger partial charge in [0.1, 0.15) is 17.3 Å². The van der Waals surface area contributed by atoms with Crippen LogP contribution in [0, 0.1) is 24.2 Å². The molecular weight excluding hydrogens is 198 g/mol. The van der Waals surface area contributed by atoms with Gasteiger partial charge >= 0.3 is 0 Å². The molecule has 0 aliphatic heterocycles. The van der Waals surface area contributed by atoms with Gasteiger partial charge in [-0.1, -0.05) is 32.0 Å². The molecule has 2 nitrogen and oxygen atoms in total. The van der Waals surface area contributed by atoms with E-state index in [1.54, 1.807) is 0 Å². The molecule has 0 N–H and O–H groups in total. The van der Waals surface area contributed by atoms with Gasteiger partial charge in [0.25, 0.3) is 0 Å². The van der Waals surface area contributed by atoms with Gasteiger partial charge in [0.15, 0.2) is 0 Å². The molecule has 16 heavy (non-hydrogen) atoms. The fourth-order valence-electron chi connectivity index (χ4n) is 2.00. The quantitative estimate of drug-likeness (QED) is 0.755. The van der Waals surface area contributed by atoms with E-state index < -0.39 is 0 Å². The van der Waals surface area contributed by atoms with E-state index in [-0.39, 0.29) is 11.8 Å². The molecular formula is C14H15NO. The molecule has 0 aliphatic carbocycles. The molecule has 2 aromatic rings. The molecule has 0 saturated heterocycles. The zero-order valence-corrected chi connectivity index (χ0v) is 9.82. The third kappa shape index (κ3) is 1.59. The fourth-order valence-corrected chi connectivity index (χ4v) is 2.00. The van der Waals surface area contributed by atoms with Gasteiger partial charge in [0.05, 0.1) is 6.07 Å². The SMILES string of the molecule is Cc1c(C(C#N)C(C)C)oc2ccccc12. The third-order valence-electron chi connectivity index (χ3n) is 2.97. The van der Waals surface area contributed by atoms with Crippen LogP contribution in [0.4, 0.5) is 0 Å². The second-order valence-corrected chi connectivity index (χ2v) is 4.44. The first kappa shape index (κ1) is 10.8. The van der Waals surface area contributed by atoms with Crippen molar-refractivity contribution in [2.75, 3.05) is 0 Å². The summed E-state index contributed by atoms with van der Waals surface area (Å²) in [6.07, 6.45) is 0. The lowest BCUT2D eigenvalue weighted by Gasteiger charge is -2.10. The van der Waals surface area contributed by atoms with Crippen molar-refractivity contribution < 1.29 is 4.42 Å². The first-order chi connectivity index (χ1) is 7.65. The zero-order chi connectivity index (χ0) is 11.7. The second kappa shape index (κ2) is 4.02. The Bertz CT molecular complexity index is 545. The van der Waals surface area contributed by atoms with Gasteiger partial charge in [-0.3, -0.25) is 0 Å². The Balaban J connectivity index is 2.62. The predicted molar refractivity (Wildman–Crippen MR) is 64.1 cm³/mol. The summed E-state index contributed by atoms with van der Waals surface area (Å²) in [7, 11) is 0. The Hall–Kier alpha value is -1.75. The number of furan rings is 1. The predicted octanol–water partition coefficient (Wildman–Crippen LogP) is 4.00. The Morgan fingerprint density at radius 2 is 1.94 bits per heavy atom. The average Bonchev–Trinajstić information content (AvgIpc) is 2.58. The minimum absolute atomic E-state index is 0.160. The van der Waals surface area contributed by atoms with E-state index in [0.29, 0.717) is 0 Å². The lowest BCUT2D eigenvalue weighted by atomic mass is 9.92. The molecule has 2 heteroatoms. The zero-order valence-electron chi connectivity index (χ0n) is 9.82. The summed E-state index contributed by atoms with van der Waals surface area (Å²) in [5.74, 6) is 0.926. The minimum Gasteiger partial charge on any atom is -0.459 e. The highest BCUT2D eigenvalue weighted by atomic mass is 16.3. The summed E-state index contributed by atoms with van der Waals surface area (Å²) in [6, 6.07) is 10.2. The van der Waals surface area contributed by atoms with Crippen LogP contribution in [0.25, 0.3) is 11.0 Å². The maximum atomic E-state index is 9.19. The van der Waals surface area contributed by atoms with Gasteiger partial charge in [-0.05, 0) is 24.5 Å². The largest absolute Gasteiger partial charge is 0.459 e. The number of rotatable bonds is 2. The molecule has 2 rings (SSSR count). The maximum absolute atomic E-state index is 9.19. The number of hydrogen-bond donors (Lipinski definition) is 0. The number of aryl methyl sites for hydroxylation is 1. The molecule has 82 valence electrons. The van der Waals surface area contributed by atoms with E-state index in [0.717, 1.165) is 22.3 Å². The summed E-state index contributed by atoms with van der Waals surface area (Å²) in [5.41, 5.74) is 1.96. The van der Waals surface area contributed by atoms with Crippen molar-refractivity contribution >= 4 is 11.0 Å². The van der Waals surface area contributed by atoms with Gasteiger partial charge in [-0.25, -0.2) is 0 Å². The van der Waals surface area contributed by atoms with Gasteiger partial charge in [-0.2, -0.15) is 5.26 Å². The molecule has 1 atom stereocenters. The van der Waals surface area contributed by atoms with Crippen molar-refractivity contribution in [3.63, 3.8) is 0 Å². The second-order valence-electron chi connectivity index (χ2n) is 4.44. The molecule has 0 fully saturated rings. The molecule has 1 heterocycles. The molecule has 0 spiro atoms. The van der Waals surface area contributed by atoms with E-state index in [2.05, 4.69) is 6.07 Å². The van der Waals surface area contributed by atoms with E-state index in [1.165, 1.54) is 0 Å². The number of para-hydroxylation sites is 1. The molecule has 1 aromatic carbocycles. The maximum Gasteiger partial charge on any atom is 0.134 e. The third-order valence-corrected chi connectivity index (χ3v) is 2.97. The first-order valence-corrected chi connectivity index (χ1v) is 5.52. The molecule has 0 saturated carbocycles. The number of fused-ring (bicyclic) bond motifs is 1. The Labute approximate surface area is 95.5 Å². The number of benzene rings is 1. The van der Waals surface area contributed by atoms with Crippen LogP contribution in [0.1, 0.15) is 31.1 Å². The van der Waals surface area contributed by atoms with Crippen molar-refractivity contribution in [3.05, 3.63) is 35.6 Å². The van der Waals surface area contributed by atoms with Gasteiger partial charge in [0, 0.05) is 5.39 Å². The highest BCUT2D eigenvalue weighted by molar-refractivity contribution is 5.82. The summed E-state index contributed by atoms with van der Waals surface area (Å²) in [4.78, 5) is 0. The highest BCUT2D eigenvalue weighted by Crippen LogP contribution is 2.33. The standard InChI is InChI=1S/C14H15NO/c1-9(2)12(8-15)14-10(3)11-6-4-5-7-13(11)16-14/h4-7,9,12H,1-3H3. The molecule has 0 bridgehead atoms. The van der Waals surface area contributed by atoms with Crippen LogP contribution in [-0.2, 0) is 0 Å². The van der Waals surface area contributed by atoms with Crippen molar-refractivity contribution in [2.24, 2.45) is 5.92 Å². The van der Waals surface area contributed by atoms with Gasteiger partial charge in [-0.15, -0.1) is 0 Å². The molecule has 1 unspecified atom stereocenters. The topological polar surface area (TPSA) is 36.9 Å². The summed E-state index contributed by atoms with van der Waals surface area (Å²) < 4.78 is 5.79. The summed E-state index contributed by atoms with van der Waals surface area (Å²) >= 11 is 0. The van der Waals surface area contributed by atoms with Crippen molar-refractivity contribution in [3.8, 4) is 6.07 Å². The first-order valence-electron chi connectivity index (χ1n) is 5.52. The van der Waals surface area contributed by atoms with Crippen LogP contribution in [0.15, 0.2) is 28.7 Å². The average molecular weight is 213 g/mol. The highest BCUT2D eigenvalue weighted by Gasteiger charge is 2.22. The van der Waals surface area contributed by atoms with Crippen molar-refractivity contribution in [1.29, 1.82) is 5.26 Å². The summed E-state index contributed by atoms with van der Waals surface area (Å²) in [6.45, 7) is 6.11. The van der Waals surface area contributed by atoms with Gasteiger partial charge in [0.2, 0.25) is 0 Å². The minimum atomic E-state index is -0.160. The molecule has 1 aromatic heterocycles. The van der Waals surface area contributed by atoms with E-state index in [9.17, 15) is 5.26 Å². The molecule has 0 aliphatic rings. The normalized spacial score (nSPS) is 12.9. The number of nitriles is 1. The van der Waals surface area contributed by atoms with Crippen LogP contribution in [0.3, 0.4) is 0 Å². The van der Waals surface area contributed by atoms with E-state index in [1.807, 2.05) is 45.0 Å². The van der Waals surface area contributed by atoms with E-state index >= 15 is 0 Å². The Morgan fingerprint density at radius 1 is 1.25 bits per heavy atom. The Kier molecular flexibility index (Phi) is 2.70. The molecule has 0 amide bonds. The smallest absolute Gasteiger partial charge is 0.134 e. The number of hydrogen-bond acceptors (Lipinski definition) is 2. The monoisotopic (exact) mass is 213 g/mol. The van der Waals surface area contributed by atoms with Crippen molar-refractivity contribution in [2.45, 2.75) is 26.7 Å². The van der Waals surface area contributed by atoms with Crippen LogP contribution in [0.2, 0.25) is 0 Å². The van der Waals surface area contributed by atoms with Gasteiger partial charge < -0.3 is 4.42 Å². The van der Waals surface area contributed by atoms with Crippen LogP contribution < -0.4 is 0 Å². The lowest BCUT2D eigenvalue weighted by Crippen LogP contribution is -2.04. The Morgan fingerprint density at radius 3 is 2.50 bits per heavy atom. The van der Waals surface area contributed by atoms with E-state index in [4.69, 9.17) is 4.42 Å². The lowest BCUT2D eigenvalue weighted by molar-refractivity contribution is 0.462. The summed E-state index contributed by atoms with van der Waals surface area (Å²) in [5, 5.41) is 10.3. The molecule has 0 radical (unpaired) electrons.